The number of para-hydroxylation sites is 1. The molecule has 34 heavy (non-hydrogen) atoms. The number of nitrogens with zero attached hydrogens (tertiary/aromatic N) is 6. The Labute approximate surface area is 191 Å². The van der Waals surface area contributed by atoms with Crippen molar-refractivity contribution >= 4 is 31.0 Å². The third-order valence-electron chi connectivity index (χ3n) is 4.07. The average Bonchev–Trinajstić information content (AvgIpc) is 3.05. The molecule has 0 spiro atoms. The van der Waals surface area contributed by atoms with Crippen molar-refractivity contribution in [1.82, 2.24) is 25.0 Å². The molecule has 0 radical (unpaired) electrons. The molecular weight excluding hydrogens is 493 g/mol. The van der Waals surface area contributed by atoms with Crippen LogP contribution in [-0.2, 0) is 4.74 Å². The number of amidine groups is 1. The van der Waals surface area contributed by atoms with Crippen LogP contribution >= 0.6 is 7.81 Å². The van der Waals surface area contributed by atoms with Gasteiger partial charge in [-0.05, 0) is 38.1 Å². The fourth-order valence-electron chi connectivity index (χ4n) is 2.82. The second-order valence-electron chi connectivity index (χ2n) is 8.63. The fourth-order valence-corrected chi connectivity index (χ4v) is 2.82. The van der Waals surface area contributed by atoms with E-state index in [1.165, 1.54) is 4.85 Å². The van der Waals surface area contributed by atoms with Crippen molar-refractivity contribution in [2.45, 2.75) is 26.4 Å². The normalized spacial score (nSPS) is 16.7. The molecule has 0 saturated carbocycles. The van der Waals surface area contributed by atoms with Gasteiger partial charge in [-0.25, -0.2) is 14.3 Å². The molecule has 1 saturated heterocycles. The number of halogens is 6. The molecule has 1 aliphatic rings. The van der Waals surface area contributed by atoms with Crippen LogP contribution in [0.25, 0.3) is 11.0 Å². The minimum atomic E-state index is -10.7. The molecule has 0 bridgehead atoms. The molecule has 0 atom stereocenters. The molecule has 194 valence electrons. The van der Waals surface area contributed by atoms with E-state index in [-0.39, 0.29) is 6.09 Å². The van der Waals surface area contributed by atoms with E-state index >= 15 is 0 Å². The van der Waals surface area contributed by atoms with Crippen molar-refractivity contribution in [3.8, 4) is 0 Å². The van der Waals surface area contributed by atoms with Crippen LogP contribution in [0.4, 0.5) is 30.0 Å². The molecule has 2 heterocycles. The summed E-state index contributed by atoms with van der Waals surface area (Å²) in [5.41, 5.74) is 1.07. The number of carbonyl (C=O) groups is 1. The maximum absolute atomic E-state index is 12.2. The number of rotatable bonds is 1. The van der Waals surface area contributed by atoms with Gasteiger partial charge in [0.25, 0.3) is 0 Å². The first-order valence-corrected chi connectivity index (χ1v) is 12.0. The van der Waals surface area contributed by atoms with Gasteiger partial charge in [0.15, 0.2) is 0 Å². The molecule has 2 aromatic rings. The Balaban J connectivity index is 0.000000509. The summed E-state index contributed by atoms with van der Waals surface area (Å²) in [4.78, 5) is 23.5. The van der Waals surface area contributed by atoms with E-state index in [1.54, 1.807) is 4.90 Å². The molecule has 9 nitrogen and oxygen atoms in total. The number of fused-ring (bicyclic) bond motifs is 1. The maximum atomic E-state index is 12.2. The van der Waals surface area contributed by atoms with Gasteiger partial charge in [0.2, 0.25) is 0 Å². The van der Waals surface area contributed by atoms with Crippen molar-refractivity contribution in [3.05, 3.63) is 24.3 Å². The molecule has 1 aromatic heterocycles. The molecule has 0 N–H and O–H groups in total. The monoisotopic (exact) mass is 520 g/mol. The van der Waals surface area contributed by atoms with Gasteiger partial charge < -0.3 is 9.64 Å². The van der Waals surface area contributed by atoms with Gasteiger partial charge in [-0.2, -0.15) is 0 Å². The number of benzene rings is 1. The molecule has 0 aliphatic carbocycles. The molecule has 1 aromatic carbocycles. The third kappa shape index (κ3) is 9.98. The molecule has 1 aliphatic heterocycles. The Kier molecular flexibility index (Phi) is 7.05. The van der Waals surface area contributed by atoms with Gasteiger partial charge in [-0.3, -0.25) is 4.84 Å². The van der Waals surface area contributed by atoms with Gasteiger partial charge in [-0.15, -0.1) is 5.10 Å². The van der Waals surface area contributed by atoms with Crippen molar-refractivity contribution in [3.63, 3.8) is 0 Å². The van der Waals surface area contributed by atoms with Crippen LogP contribution in [0.5, 0.6) is 0 Å². The zero-order valence-corrected chi connectivity index (χ0v) is 20.2. The Morgan fingerprint density at radius 3 is 1.97 bits per heavy atom. The van der Waals surface area contributed by atoms with Crippen LogP contribution < -0.4 is 4.84 Å². The number of hydrogen-bond donors (Lipinski definition) is 0. The SMILES string of the molecule is C[N+](C)=C(On1nnc2ccccc21)N1CCN(C(=O)OC(C)(C)C)CC1.F[P-](F)(F)(F)(F)F. The summed E-state index contributed by atoms with van der Waals surface area (Å²) in [7, 11) is -6.83. The van der Waals surface area contributed by atoms with E-state index in [4.69, 9.17) is 9.57 Å². The van der Waals surface area contributed by atoms with Gasteiger partial charge in [-0.1, -0.05) is 17.0 Å². The van der Waals surface area contributed by atoms with Gasteiger partial charge in [0.05, 0.1) is 27.2 Å². The van der Waals surface area contributed by atoms with Crippen LogP contribution in [0, 0.1) is 0 Å². The second kappa shape index (κ2) is 8.75. The van der Waals surface area contributed by atoms with Crippen LogP contribution in [-0.4, -0.2) is 87.5 Å². The molecule has 16 heteroatoms. The van der Waals surface area contributed by atoms with E-state index in [0.717, 1.165) is 11.0 Å². The Hall–Kier alpha value is -2.83. The summed E-state index contributed by atoms with van der Waals surface area (Å²) in [6.45, 7) is 8.01. The Morgan fingerprint density at radius 1 is 0.971 bits per heavy atom. The van der Waals surface area contributed by atoms with E-state index in [2.05, 4.69) is 15.2 Å². The van der Waals surface area contributed by atoms with Crippen LogP contribution in [0.1, 0.15) is 20.8 Å². The van der Waals surface area contributed by atoms with Crippen molar-refractivity contribution in [1.29, 1.82) is 0 Å². The number of hydrogen-bond acceptors (Lipinski definition) is 5. The van der Waals surface area contributed by atoms with E-state index in [0.29, 0.717) is 32.2 Å². The zero-order chi connectivity index (χ0) is 26.0. The van der Waals surface area contributed by atoms with Crippen molar-refractivity contribution in [2.75, 3.05) is 40.3 Å². The van der Waals surface area contributed by atoms with Crippen LogP contribution in [0.3, 0.4) is 0 Å². The number of amides is 1. The van der Waals surface area contributed by atoms with E-state index in [1.807, 2.05) is 63.7 Å². The van der Waals surface area contributed by atoms with Crippen LogP contribution in [0.2, 0.25) is 0 Å². The topological polar surface area (TPSA) is 75.7 Å². The van der Waals surface area contributed by atoms with Gasteiger partial charge in [0, 0.05) is 0 Å². The molecular formula is C18H27F6N6O3P. The number of aromatic nitrogens is 3. The third-order valence-corrected chi connectivity index (χ3v) is 4.07. The Bertz CT molecular complexity index is 1040. The Morgan fingerprint density at radius 2 is 1.47 bits per heavy atom. The predicted molar refractivity (Wildman–Crippen MR) is 114 cm³/mol. The van der Waals surface area contributed by atoms with Gasteiger partial charge >= 0.3 is 45.1 Å². The summed E-state index contributed by atoms with van der Waals surface area (Å²) in [5, 5.41) is 8.20. The molecule has 3 rings (SSSR count). The summed E-state index contributed by atoms with van der Waals surface area (Å²) in [6, 6.07) is 8.27. The fraction of sp³-hybridized carbons (Fsp3) is 0.556. The quantitative estimate of drug-likeness (QED) is 0.182. The first-order valence-electron chi connectivity index (χ1n) is 10.0. The summed E-state index contributed by atoms with van der Waals surface area (Å²) < 4.78 is 66.5. The average molecular weight is 520 g/mol. The van der Waals surface area contributed by atoms with Crippen LogP contribution in [0.15, 0.2) is 24.3 Å². The van der Waals surface area contributed by atoms with Crippen molar-refractivity contribution in [2.24, 2.45) is 0 Å². The van der Waals surface area contributed by atoms with E-state index in [9.17, 15) is 30.0 Å². The predicted octanol–water partition coefficient (Wildman–Crippen LogP) is 4.42. The van der Waals surface area contributed by atoms with Gasteiger partial charge in [0.1, 0.15) is 29.7 Å². The summed E-state index contributed by atoms with van der Waals surface area (Å²) in [5.74, 6) is 0. The summed E-state index contributed by atoms with van der Waals surface area (Å²) >= 11 is 0. The minimum absolute atomic E-state index is 0.281. The first kappa shape index (κ1) is 27.4. The summed E-state index contributed by atoms with van der Waals surface area (Å²) in [6.07, 6.45) is -0.281. The molecule has 0 unspecified atom stereocenters. The van der Waals surface area contributed by atoms with Crippen molar-refractivity contribution < 1.29 is 44.1 Å². The standard InChI is InChI=1S/C18H27N6O3.F6P/c1-18(2,3)26-17(25)23-12-10-22(11-13-23)16(21(4)5)27-24-15-9-7-6-8-14(15)19-20-24;1-7(2,3,4,5)6/h6-9H,10-13H2,1-5H3;/q+1;-1. The molecule has 1 amide bonds. The first-order chi connectivity index (χ1) is 15.2. The number of piperazine rings is 1. The second-order valence-corrected chi connectivity index (χ2v) is 10.5. The van der Waals surface area contributed by atoms with E-state index < -0.39 is 13.4 Å². The number of carbonyl (C=O) groups excluding carboxylic acids is 1. The zero-order valence-electron chi connectivity index (χ0n) is 19.3. The number of ether oxygens (including phenoxy) is 1. The molecule has 1 fully saturated rings.